The molecule has 5 nitrogen and oxygen atoms in total. The number of aromatic nitrogens is 2. The number of nitrogens with one attached hydrogen (secondary N) is 1. The zero-order chi connectivity index (χ0) is 15.9. The molecule has 0 saturated heterocycles. The maximum Gasteiger partial charge on any atom is 0.242 e. The average Bonchev–Trinajstić information content (AvgIpc) is 2.50. The molecule has 1 aliphatic carbocycles. The van der Waals surface area contributed by atoms with Crippen molar-refractivity contribution < 1.29 is 4.74 Å². The van der Waals surface area contributed by atoms with Gasteiger partial charge in [-0.15, -0.1) is 0 Å². The van der Waals surface area contributed by atoms with Crippen LogP contribution < -0.4 is 15.8 Å². The maximum atomic E-state index is 6.24. The van der Waals surface area contributed by atoms with Gasteiger partial charge in [0.25, 0.3) is 0 Å². The van der Waals surface area contributed by atoms with Crippen LogP contribution in [0.4, 0.5) is 11.5 Å². The summed E-state index contributed by atoms with van der Waals surface area (Å²) in [6.07, 6.45) is 8.13. The summed E-state index contributed by atoms with van der Waals surface area (Å²) in [7, 11) is 0. The van der Waals surface area contributed by atoms with Crippen molar-refractivity contribution in [2.75, 3.05) is 17.7 Å². The Balaban J connectivity index is 2.17. The number of rotatable bonds is 7. The zero-order valence-corrected chi connectivity index (χ0v) is 14.2. The van der Waals surface area contributed by atoms with Crippen LogP contribution in [0.3, 0.4) is 0 Å². The fourth-order valence-corrected chi connectivity index (χ4v) is 2.73. The van der Waals surface area contributed by atoms with E-state index in [1.54, 1.807) is 0 Å². The molecular formula is C17H30N4O. The van der Waals surface area contributed by atoms with Gasteiger partial charge in [-0.2, -0.15) is 4.98 Å². The predicted octanol–water partition coefficient (Wildman–Crippen LogP) is 3.79. The molecule has 1 heterocycles. The van der Waals surface area contributed by atoms with Crippen molar-refractivity contribution in [1.29, 1.82) is 0 Å². The van der Waals surface area contributed by atoms with E-state index in [0.29, 0.717) is 30.1 Å². The van der Waals surface area contributed by atoms with Crippen LogP contribution in [-0.4, -0.2) is 22.6 Å². The summed E-state index contributed by atoms with van der Waals surface area (Å²) in [4.78, 5) is 9.11. The number of hydrogen-bond acceptors (Lipinski definition) is 5. The second-order valence-corrected chi connectivity index (χ2v) is 6.64. The van der Waals surface area contributed by atoms with Gasteiger partial charge in [0.1, 0.15) is 11.5 Å². The summed E-state index contributed by atoms with van der Waals surface area (Å²) >= 11 is 0. The monoisotopic (exact) mass is 306 g/mol. The first-order valence-electron chi connectivity index (χ1n) is 8.65. The Kier molecular flexibility index (Phi) is 6.28. The standard InChI is InChI=1S/C17H30N4O/c1-4-8-14-20-16(19-13-9-6-5-7-10-13)15(18)17(21-14)22-11-12(2)3/h12-13H,4-11,18H2,1-3H3,(H,19,20,21). The molecule has 5 heteroatoms. The highest BCUT2D eigenvalue weighted by Gasteiger charge is 2.18. The number of hydrogen-bond donors (Lipinski definition) is 2. The summed E-state index contributed by atoms with van der Waals surface area (Å²) < 4.78 is 5.80. The van der Waals surface area contributed by atoms with Crippen LogP contribution in [0, 0.1) is 5.92 Å². The van der Waals surface area contributed by atoms with E-state index >= 15 is 0 Å². The molecule has 1 fully saturated rings. The normalized spacial score (nSPS) is 16.0. The number of aryl methyl sites for hydroxylation is 1. The van der Waals surface area contributed by atoms with Crippen LogP contribution in [0.1, 0.15) is 65.1 Å². The Labute approximate surface area is 134 Å². The highest BCUT2D eigenvalue weighted by Crippen LogP contribution is 2.29. The minimum absolute atomic E-state index is 0.443. The average molecular weight is 306 g/mol. The number of anilines is 2. The highest BCUT2D eigenvalue weighted by molar-refractivity contribution is 5.67. The fraction of sp³-hybridized carbons (Fsp3) is 0.765. The van der Waals surface area contributed by atoms with Crippen molar-refractivity contribution in [3.05, 3.63) is 5.82 Å². The Morgan fingerprint density at radius 2 is 1.95 bits per heavy atom. The van der Waals surface area contributed by atoms with Crippen molar-refractivity contribution in [3.8, 4) is 5.88 Å². The highest BCUT2D eigenvalue weighted by atomic mass is 16.5. The van der Waals surface area contributed by atoms with Crippen LogP contribution >= 0.6 is 0 Å². The lowest BCUT2D eigenvalue weighted by Crippen LogP contribution is -2.24. The topological polar surface area (TPSA) is 73.1 Å². The van der Waals surface area contributed by atoms with Gasteiger partial charge in [-0.1, -0.05) is 40.0 Å². The number of ether oxygens (including phenoxy) is 1. The molecule has 1 aliphatic rings. The van der Waals surface area contributed by atoms with Gasteiger partial charge in [-0.05, 0) is 25.2 Å². The Morgan fingerprint density at radius 3 is 2.59 bits per heavy atom. The second-order valence-electron chi connectivity index (χ2n) is 6.64. The van der Waals surface area contributed by atoms with Crippen LogP contribution in [0.2, 0.25) is 0 Å². The van der Waals surface area contributed by atoms with Crippen LogP contribution in [0.15, 0.2) is 0 Å². The zero-order valence-electron chi connectivity index (χ0n) is 14.2. The molecule has 0 aromatic carbocycles. The first-order valence-corrected chi connectivity index (χ1v) is 8.65. The molecule has 0 radical (unpaired) electrons. The molecular weight excluding hydrogens is 276 g/mol. The lowest BCUT2D eigenvalue weighted by molar-refractivity contribution is 0.262. The predicted molar refractivity (Wildman–Crippen MR) is 91.3 cm³/mol. The number of nitrogens with two attached hydrogens (primary N) is 1. The summed E-state index contributed by atoms with van der Waals surface area (Å²) in [5.41, 5.74) is 6.79. The molecule has 1 saturated carbocycles. The lowest BCUT2D eigenvalue weighted by Gasteiger charge is -2.24. The fourth-order valence-electron chi connectivity index (χ4n) is 2.73. The summed E-state index contributed by atoms with van der Waals surface area (Å²) in [5.74, 6) is 2.54. The molecule has 3 N–H and O–H groups in total. The molecule has 0 bridgehead atoms. The first kappa shape index (κ1) is 16.8. The van der Waals surface area contributed by atoms with Crippen molar-refractivity contribution >= 4 is 11.5 Å². The van der Waals surface area contributed by atoms with E-state index < -0.39 is 0 Å². The molecule has 1 aromatic heterocycles. The largest absolute Gasteiger partial charge is 0.476 e. The molecule has 0 amide bonds. The minimum atomic E-state index is 0.443. The second kappa shape index (κ2) is 8.20. The Bertz CT molecular complexity index is 470. The lowest BCUT2D eigenvalue weighted by atomic mass is 9.95. The molecule has 22 heavy (non-hydrogen) atoms. The van der Waals surface area contributed by atoms with Gasteiger partial charge in [-0.3, -0.25) is 0 Å². The van der Waals surface area contributed by atoms with Crippen LogP contribution in [-0.2, 0) is 6.42 Å². The van der Waals surface area contributed by atoms with Gasteiger partial charge in [0.15, 0.2) is 5.82 Å². The molecule has 0 spiro atoms. The summed E-state index contributed by atoms with van der Waals surface area (Å²) in [6.45, 7) is 6.98. The van der Waals surface area contributed by atoms with E-state index in [1.807, 2.05) is 0 Å². The maximum absolute atomic E-state index is 6.24. The smallest absolute Gasteiger partial charge is 0.242 e. The minimum Gasteiger partial charge on any atom is -0.476 e. The van der Waals surface area contributed by atoms with E-state index in [4.69, 9.17) is 10.5 Å². The summed E-state index contributed by atoms with van der Waals surface area (Å²) in [5, 5.41) is 3.52. The van der Waals surface area contributed by atoms with E-state index in [1.165, 1.54) is 32.1 Å². The SMILES string of the molecule is CCCc1nc(NC2CCCCC2)c(N)c(OCC(C)C)n1. The van der Waals surface area contributed by atoms with Gasteiger partial charge in [0, 0.05) is 12.5 Å². The van der Waals surface area contributed by atoms with Crippen molar-refractivity contribution in [2.24, 2.45) is 5.92 Å². The quantitative estimate of drug-likeness (QED) is 0.801. The van der Waals surface area contributed by atoms with E-state index in [2.05, 4.69) is 36.1 Å². The van der Waals surface area contributed by atoms with Crippen molar-refractivity contribution in [3.63, 3.8) is 0 Å². The third-order valence-electron chi connectivity index (χ3n) is 3.93. The molecule has 124 valence electrons. The van der Waals surface area contributed by atoms with Gasteiger partial charge in [-0.25, -0.2) is 4.98 Å². The third kappa shape index (κ3) is 4.75. The molecule has 0 unspecified atom stereocenters. The Hall–Kier alpha value is -1.52. The van der Waals surface area contributed by atoms with E-state index in [0.717, 1.165) is 24.5 Å². The van der Waals surface area contributed by atoms with Gasteiger partial charge < -0.3 is 15.8 Å². The van der Waals surface area contributed by atoms with E-state index in [-0.39, 0.29) is 0 Å². The molecule has 2 rings (SSSR count). The van der Waals surface area contributed by atoms with Crippen LogP contribution in [0.5, 0.6) is 5.88 Å². The van der Waals surface area contributed by atoms with E-state index in [9.17, 15) is 0 Å². The van der Waals surface area contributed by atoms with Gasteiger partial charge in [0.05, 0.1) is 6.61 Å². The molecule has 0 aliphatic heterocycles. The third-order valence-corrected chi connectivity index (χ3v) is 3.93. The number of nitrogens with zero attached hydrogens (tertiary/aromatic N) is 2. The Morgan fingerprint density at radius 1 is 1.23 bits per heavy atom. The molecule has 1 aromatic rings. The van der Waals surface area contributed by atoms with Gasteiger partial charge in [0.2, 0.25) is 5.88 Å². The van der Waals surface area contributed by atoms with Crippen molar-refractivity contribution in [1.82, 2.24) is 9.97 Å². The van der Waals surface area contributed by atoms with Crippen LogP contribution in [0.25, 0.3) is 0 Å². The summed E-state index contributed by atoms with van der Waals surface area (Å²) in [6, 6.07) is 0.471. The van der Waals surface area contributed by atoms with Gasteiger partial charge >= 0.3 is 0 Å². The van der Waals surface area contributed by atoms with Crippen molar-refractivity contribution in [2.45, 2.75) is 71.8 Å². The molecule has 0 atom stereocenters. The first-order chi connectivity index (χ1) is 10.6. The number of nitrogen functional groups attached to an aromatic ring is 1.